The molecule has 0 saturated heterocycles. The van der Waals surface area contributed by atoms with E-state index in [4.69, 9.17) is 5.11 Å². The van der Waals surface area contributed by atoms with Crippen LogP contribution in [0.1, 0.15) is 0 Å². The fraction of sp³-hybridized carbons (Fsp3) is 0.250. The number of phenols is 1. The maximum Gasteiger partial charge on any atom is 0.218 e. The lowest BCUT2D eigenvalue weighted by Crippen LogP contribution is -2.15. The second-order valence-electron chi connectivity index (χ2n) is 2.87. The molecule has 0 aromatic heterocycles. The molecule has 7 heteroatoms. The minimum absolute atomic E-state index is 0.0258. The molecule has 0 atom stereocenters. The quantitative estimate of drug-likeness (QED) is 0.599. The molecule has 0 saturated carbocycles. The fourth-order valence-electron chi connectivity index (χ4n) is 0.966. The highest BCUT2D eigenvalue weighted by atomic mass is 32.2. The van der Waals surface area contributed by atoms with Gasteiger partial charge in [0.25, 0.3) is 0 Å². The number of hydrogen-bond acceptors (Lipinski definition) is 5. The van der Waals surface area contributed by atoms with Crippen LogP contribution in [0.15, 0.2) is 29.2 Å². The highest BCUT2D eigenvalue weighted by Gasteiger charge is 2.17. The van der Waals surface area contributed by atoms with E-state index < -0.39 is 27.1 Å². The second kappa shape index (κ2) is 4.26. The molecule has 0 radical (unpaired) electrons. The van der Waals surface area contributed by atoms with Crippen molar-refractivity contribution in [2.24, 2.45) is 0 Å². The lowest BCUT2D eigenvalue weighted by atomic mass is 10.3. The molecular weight excluding hydrogens is 222 g/mol. The summed E-state index contributed by atoms with van der Waals surface area (Å²) in [7, 11) is -3.62. The van der Waals surface area contributed by atoms with Crippen LogP contribution in [0, 0.1) is 10.1 Å². The van der Waals surface area contributed by atoms with E-state index in [0.717, 1.165) is 0 Å². The monoisotopic (exact) mass is 231 g/mol. The van der Waals surface area contributed by atoms with Crippen molar-refractivity contribution in [2.75, 3.05) is 12.3 Å². The molecule has 15 heavy (non-hydrogen) atoms. The van der Waals surface area contributed by atoms with Crippen LogP contribution in [-0.4, -0.2) is 30.7 Å². The summed E-state index contributed by atoms with van der Waals surface area (Å²) in [5, 5.41) is 19.0. The van der Waals surface area contributed by atoms with Gasteiger partial charge in [-0.25, -0.2) is 8.42 Å². The standard InChI is InChI=1S/C8H9NO5S/c10-7-1-3-8(4-2-7)15(13,14)6-5-9(11)12/h1-4,10H,5-6H2. The largest absolute Gasteiger partial charge is 0.508 e. The van der Waals surface area contributed by atoms with E-state index in [1.165, 1.54) is 24.3 Å². The third-order valence-electron chi connectivity index (χ3n) is 1.74. The Morgan fingerprint density at radius 1 is 1.27 bits per heavy atom. The van der Waals surface area contributed by atoms with Gasteiger partial charge in [0.05, 0.1) is 4.90 Å². The van der Waals surface area contributed by atoms with E-state index in [9.17, 15) is 18.5 Å². The Bertz CT molecular complexity index is 450. The van der Waals surface area contributed by atoms with E-state index in [-0.39, 0.29) is 10.6 Å². The van der Waals surface area contributed by atoms with Gasteiger partial charge in [0.1, 0.15) is 11.5 Å². The Morgan fingerprint density at radius 2 is 1.80 bits per heavy atom. The maximum atomic E-state index is 11.5. The molecule has 0 aliphatic carbocycles. The lowest BCUT2D eigenvalue weighted by molar-refractivity contribution is -0.474. The van der Waals surface area contributed by atoms with Crippen LogP contribution in [0.5, 0.6) is 5.75 Å². The van der Waals surface area contributed by atoms with E-state index in [0.29, 0.717) is 0 Å². The van der Waals surface area contributed by atoms with E-state index >= 15 is 0 Å². The first-order valence-corrected chi connectivity index (χ1v) is 5.70. The minimum atomic E-state index is -3.62. The van der Waals surface area contributed by atoms with Crippen molar-refractivity contribution in [3.05, 3.63) is 34.4 Å². The number of benzene rings is 1. The molecule has 0 amide bonds. The van der Waals surface area contributed by atoms with Gasteiger partial charge in [0, 0.05) is 4.92 Å². The van der Waals surface area contributed by atoms with Crippen LogP contribution < -0.4 is 0 Å². The first kappa shape index (κ1) is 11.4. The average molecular weight is 231 g/mol. The highest BCUT2D eigenvalue weighted by molar-refractivity contribution is 7.91. The van der Waals surface area contributed by atoms with E-state index in [2.05, 4.69) is 0 Å². The number of rotatable bonds is 4. The SMILES string of the molecule is O=[N+]([O-])CCS(=O)(=O)c1ccc(O)cc1. The fourth-order valence-corrected chi connectivity index (χ4v) is 2.14. The lowest BCUT2D eigenvalue weighted by Gasteiger charge is -2.01. The predicted octanol–water partition coefficient (Wildman–Crippen LogP) is 0.443. The molecule has 82 valence electrons. The average Bonchev–Trinajstić information content (AvgIpc) is 2.16. The van der Waals surface area contributed by atoms with Crippen LogP contribution in [0.4, 0.5) is 0 Å². The van der Waals surface area contributed by atoms with Crippen molar-refractivity contribution in [3.63, 3.8) is 0 Å². The third-order valence-corrected chi connectivity index (χ3v) is 3.45. The van der Waals surface area contributed by atoms with Crippen molar-refractivity contribution < 1.29 is 18.4 Å². The van der Waals surface area contributed by atoms with Gasteiger partial charge >= 0.3 is 0 Å². The van der Waals surface area contributed by atoms with Crippen molar-refractivity contribution in [3.8, 4) is 5.75 Å². The first-order valence-electron chi connectivity index (χ1n) is 4.05. The first-order chi connectivity index (χ1) is 6.92. The summed E-state index contributed by atoms with van der Waals surface area (Å²) in [5.74, 6) is -0.589. The number of nitrogens with zero attached hydrogens (tertiary/aromatic N) is 1. The van der Waals surface area contributed by atoms with E-state index in [1.807, 2.05) is 0 Å². The number of nitro groups is 1. The molecule has 1 rings (SSSR count). The van der Waals surface area contributed by atoms with Crippen LogP contribution >= 0.6 is 0 Å². The van der Waals surface area contributed by atoms with Crippen LogP contribution in [0.25, 0.3) is 0 Å². The molecule has 6 nitrogen and oxygen atoms in total. The summed E-state index contributed by atoms with van der Waals surface area (Å²) >= 11 is 0. The van der Waals surface area contributed by atoms with Gasteiger partial charge in [0.2, 0.25) is 6.54 Å². The summed E-state index contributed by atoms with van der Waals surface area (Å²) in [4.78, 5) is 9.32. The van der Waals surface area contributed by atoms with Gasteiger partial charge < -0.3 is 5.11 Å². The molecule has 0 spiro atoms. The number of hydrogen-bond donors (Lipinski definition) is 1. The summed E-state index contributed by atoms with van der Waals surface area (Å²) in [6.07, 6.45) is 0. The zero-order valence-electron chi connectivity index (χ0n) is 7.66. The zero-order valence-corrected chi connectivity index (χ0v) is 8.48. The van der Waals surface area contributed by atoms with E-state index in [1.54, 1.807) is 0 Å². The van der Waals surface area contributed by atoms with Gasteiger partial charge in [0.15, 0.2) is 9.84 Å². The van der Waals surface area contributed by atoms with Crippen LogP contribution in [-0.2, 0) is 9.84 Å². The minimum Gasteiger partial charge on any atom is -0.508 e. The Hall–Kier alpha value is -1.63. The van der Waals surface area contributed by atoms with Gasteiger partial charge in [-0.1, -0.05) is 0 Å². The smallest absolute Gasteiger partial charge is 0.218 e. The molecular formula is C8H9NO5S. The Labute approximate surface area is 86.2 Å². The number of aromatic hydroxyl groups is 1. The molecule has 0 fully saturated rings. The molecule has 1 aromatic carbocycles. The third kappa shape index (κ3) is 3.21. The Kier molecular flexibility index (Phi) is 3.25. The molecule has 0 aliphatic heterocycles. The van der Waals surface area contributed by atoms with Crippen molar-refractivity contribution in [1.29, 1.82) is 0 Å². The van der Waals surface area contributed by atoms with Crippen LogP contribution in [0.2, 0.25) is 0 Å². The molecule has 1 N–H and O–H groups in total. The number of sulfone groups is 1. The van der Waals surface area contributed by atoms with Crippen LogP contribution in [0.3, 0.4) is 0 Å². The van der Waals surface area contributed by atoms with Crippen molar-refractivity contribution >= 4 is 9.84 Å². The second-order valence-corrected chi connectivity index (χ2v) is 4.98. The Balaban J connectivity index is 2.87. The summed E-state index contributed by atoms with van der Waals surface area (Å²) < 4.78 is 22.9. The summed E-state index contributed by atoms with van der Waals surface area (Å²) in [6.45, 7) is -0.622. The Morgan fingerprint density at radius 3 is 2.27 bits per heavy atom. The van der Waals surface area contributed by atoms with Gasteiger partial charge in [-0.05, 0) is 24.3 Å². The molecule has 0 aliphatic rings. The highest BCUT2D eigenvalue weighted by Crippen LogP contribution is 2.15. The maximum absolute atomic E-state index is 11.5. The normalized spacial score (nSPS) is 11.2. The number of phenolic OH excluding ortho intramolecular Hbond substituents is 1. The van der Waals surface area contributed by atoms with Gasteiger partial charge in [-0.3, -0.25) is 10.1 Å². The topological polar surface area (TPSA) is 97.5 Å². The zero-order chi connectivity index (χ0) is 11.5. The molecule has 0 unspecified atom stereocenters. The summed E-state index contributed by atoms with van der Waals surface area (Å²) in [5.41, 5.74) is 0. The molecule has 1 aromatic rings. The molecule has 0 heterocycles. The van der Waals surface area contributed by atoms with Crippen molar-refractivity contribution in [1.82, 2.24) is 0 Å². The molecule has 0 bridgehead atoms. The predicted molar refractivity (Wildman–Crippen MR) is 52.0 cm³/mol. The summed E-state index contributed by atoms with van der Waals surface area (Å²) in [6, 6.07) is 4.87. The van der Waals surface area contributed by atoms with Crippen molar-refractivity contribution in [2.45, 2.75) is 4.90 Å². The van der Waals surface area contributed by atoms with Gasteiger partial charge in [-0.2, -0.15) is 0 Å². The van der Waals surface area contributed by atoms with Gasteiger partial charge in [-0.15, -0.1) is 0 Å².